The average Bonchev–Trinajstić information content (AvgIpc) is 3.25. The number of H-pyrrole nitrogens is 1. The summed E-state index contributed by atoms with van der Waals surface area (Å²) >= 11 is 0. The Hall–Kier alpha value is -3.40. The number of aromatic amines is 1. The van der Waals surface area contributed by atoms with Crippen LogP contribution in [0.5, 0.6) is 11.5 Å². The van der Waals surface area contributed by atoms with Gasteiger partial charge in [-0.25, -0.2) is 22.6 Å². The van der Waals surface area contributed by atoms with Gasteiger partial charge < -0.3 is 14.5 Å². The van der Waals surface area contributed by atoms with Crippen molar-refractivity contribution >= 4 is 31.8 Å². The van der Waals surface area contributed by atoms with E-state index in [4.69, 9.17) is 9.47 Å². The molecule has 148 valence electrons. The van der Waals surface area contributed by atoms with E-state index in [1.54, 1.807) is 12.1 Å². The highest BCUT2D eigenvalue weighted by Gasteiger charge is 2.21. The minimum absolute atomic E-state index is 0.0490. The van der Waals surface area contributed by atoms with Crippen molar-refractivity contribution in [2.24, 2.45) is 0 Å². The molecule has 0 atom stereocenters. The van der Waals surface area contributed by atoms with E-state index in [-0.39, 0.29) is 23.9 Å². The second-order valence-electron chi connectivity index (χ2n) is 6.77. The van der Waals surface area contributed by atoms with Gasteiger partial charge in [0, 0.05) is 11.6 Å². The van der Waals surface area contributed by atoms with Gasteiger partial charge in [-0.05, 0) is 29.8 Å². The molecule has 0 saturated carbocycles. The van der Waals surface area contributed by atoms with E-state index < -0.39 is 15.7 Å². The molecule has 0 fully saturated rings. The predicted octanol–water partition coefficient (Wildman–Crippen LogP) is 2.20. The monoisotopic (exact) mass is 415 g/mol. The van der Waals surface area contributed by atoms with Crippen LogP contribution >= 0.6 is 0 Å². The highest BCUT2D eigenvalue weighted by Crippen LogP contribution is 2.39. The standard InChI is InChI=1S/C19H14FN3O5S/c1-29(25,26)15-5-2-10(6-12(15)20)8-23-17-11-3-4-14-18(28-9-27-14)16(11)21-7-13(17)22-19(23)24/h2-7H,8-9H2,1H3,(H,22,24). The van der Waals surface area contributed by atoms with Crippen LogP contribution in [0.2, 0.25) is 0 Å². The summed E-state index contributed by atoms with van der Waals surface area (Å²) in [6, 6.07) is 7.35. The fraction of sp³-hybridized carbons (Fsp3) is 0.158. The smallest absolute Gasteiger partial charge is 0.326 e. The third-order valence-electron chi connectivity index (χ3n) is 4.84. The Balaban J connectivity index is 1.68. The van der Waals surface area contributed by atoms with Crippen LogP contribution in [-0.2, 0) is 16.4 Å². The number of halogens is 1. The third kappa shape index (κ3) is 2.75. The number of hydrogen-bond donors (Lipinski definition) is 1. The maximum absolute atomic E-state index is 14.3. The van der Waals surface area contributed by atoms with Gasteiger partial charge in [0.15, 0.2) is 21.3 Å². The van der Waals surface area contributed by atoms with Gasteiger partial charge in [-0.15, -0.1) is 0 Å². The first kappa shape index (κ1) is 17.7. The second-order valence-corrected chi connectivity index (χ2v) is 8.75. The number of pyridine rings is 1. The molecule has 0 aliphatic carbocycles. The van der Waals surface area contributed by atoms with Crippen LogP contribution < -0.4 is 15.2 Å². The summed E-state index contributed by atoms with van der Waals surface area (Å²) in [5.74, 6) is 0.230. The summed E-state index contributed by atoms with van der Waals surface area (Å²) in [7, 11) is -3.67. The lowest BCUT2D eigenvalue weighted by Crippen LogP contribution is -2.17. The SMILES string of the molecule is CS(=O)(=O)c1ccc(Cn2c(=O)[nH]c3cnc4c5c(ccc4c32)OCO5)cc1F. The molecule has 0 spiro atoms. The summed E-state index contributed by atoms with van der Waals surface area (Å²) in [6.07, 6.45) is 2.48. The lowest BCUT2D eigenvalue weighted by molar-refractivity contribution is 0.174. The summed E-state index contributed by atoms with van der Waals surface area (Å²) in [4.78, 5) is 19.3. The van der Waals surface area contributed by atoms with Gasteiger partial charge in [-0.3, -0.25) is 4.57 Å². The Labute approximate surface area is 163 Å². The van der Waals surface area contributed by atoms with Gasteiger partial charge in [0.05, 0.1) is 23.8 Å². The molecular weight excluding hydrogens is 401 g/mol. The van der Waals surface area contributed by atoms with E-state index in [0.29, 0.717) is 39.0 Å². The lowest BCUT2D eigenvalue weighted by Gasteiger charge is -2.09. The predicted molar refractivity (Wildman–Crippen MR) is 103 cm³/mol. The molecule has 8 nitrogen and oxygen atoms in total. The first-order valence-corrected chi connectivity index (χ1v) is 10.5. The largest absolute Gasteiger partial charge is 0.454 e. The molecule has 1 aliphatic rings. The molecule has 1 aliphatic heterocycles. The summed E-state index contributed by atoms with van der Waals surface area (Å²) in [5, 5.41) is 0.679. The van der Waals surface area contributed by atoms with Gasteiger partial charge in [0.2, 0.25) is 6.79 Å². The number of hydrogen-bond acceptors (Lipinski definition) is 6. The van der Waals surface area contributed by atoms with Crippen LogP contribution in [-0.4, -0.2) is 36.0 Å². The fourth-order valence-corrected chi connectivity index (χ4v) is 4.28. The Morgan fingerprint density at radius 2 is 2.07 bits per heavy atom. The van der Waals surface area contributed by atoms with Crippen molar-refractivity contribution in [3.63, 3.8) is 0 Å². The molecule has 0 amide bonds. The zero-order valence-electron chi connectivity index (χ0n) is 15.1. The number of fused-ring (bicyclic) bond motifs is 5. The van der Waals surface area contributed by atoms with Crippen LogP contribution in [0.15, 0.2) is 46.2 Å². The van der Waals surface area contributed by atoms with E-state index >= 15 is 0 Å². The number of imidazole rings is 1. The average molecular weight is 415 g/mol. The minimum Gasteiger partial charge on any atom is -0.454 e. The summed E-state index contributed by atoms with van der Waals surface area (Å²) in [6.45, 7) is 0.146. The van der Waals surface area contributed by atoms with E-state index in [0.717, 1.165) is 12.3 Å². The highest BCUT2D eigenvalue weighted by atomic mass is 32.2. The summed E-state index contributed by atoms with van der Waals surface area (Å²) < 4.78 is 49.8. The zero-order chi connectivity index (χ0) is 20.3. The molecule has 4 aromatic rings. The maximum Gasteiger partial charge on any atom is 0.326 e. The highest BCUT2D eigenvalue weighted by molar-refractivity contribution is 7.90. The van der Waals surface area contributed by atoms with Gasteiger partial charge in [-0.2, -0.15) is 0 Å². The third-order valence-corrected chi connectivity index (χ3v) is 5.97. The van der Waals surface area contributed by atoms with E-state index in [9.17, 15) is 17.6 Å². The number of rotatable bonds is 3. The van der Waals surface area contributed by atoms with Crippen molar-refractivity contribution in [2.75, 3.05) is 13.0 Å². The maximum atomic E-state index is 14.3. The van der Waals surface area contributed by atoms with Gasteiger partial charge >= 0.3 is 5.69 Å². The molecule has 0 radical (unpaired) electrons. The lowest BCUT2D eigenvalue weighted by atomic mass is 10.1. The number of benzene rings is 2. The van der Waals surface area contributed by atoms with Crippen LogP contribution in [0.4, 0.5) is 4.39 Å². The Morgan fingerprint density at radius 1 is 1.24 bits per heavy atom. The number of aromatic nitrogens is 3. The van der Waals surface area contributed by atoms with E-state index in [2.05, 4.69) is 9.97 Å². The number of sulfone groups is 1. The van der Waals surface area contributed by atoms with Crippen molar-refractivity contribution < 1.29 is 22.3 Å². The van der Waals surface area contributed by atoms with Crippen molar-refractivity contribution in [1.29, 1.82) is 0 Å². The molecule has 3 heterocycles. The molecule has 0 bridgehead atoms. The van der Waals surface area contributed by atoms with Crippen LogP contribution in [0.25, 0.3) is 21.9 Å². The summed E-state index contributed by atoms with van der Waals surface area (Å²) in [5.41, 5.74) is 1.72. The second kappa shape index (κ2) is 6.05. The normalized spacial score (nSPS) is 13.4. The van der Waals surface area contributed by atoms with Crippen molar-refractivity contribution in [3.8, 4) is 11.5 Å². The number of nitrogens with zero attached hydrogens (tertiary/aromatic N) is 2. The zero-order valence-corrected chi connectivity index (χ0v) is 15.9. The van der Waals surface area contributed by atoms with E-state index in [1.807, 2.05) is 0 Å². The van der Waals surface area contributed by atoms with Crippen molar-refractivity contribution in [2.45, 2.75) is 11.4 Å². The molecule has 5 rings (SSSR count). The Kier molecular flexibility index (Phi) is 3.69. The molecule has 29 heavy (non-hydrogen) atoms. The Morgan fingerprint density at radius 3 is 2.83 bits per heavy atom. The molecule has 0 unspecified atom stereocenters. The topological polar surface area (TPSA) is 103 Å². The van der Waals surface area contributed by atoms with Gasteiger partial charge in [0.25, 0.3) is 0 Å². The van der Waals surface area contributed by atoms with Gasteiger partial charge in [0.1, 0.15) is 16.2 Å². The molecular formula is C19H14FN3O5S. The molecule has 1 N–H and O–H groups in total. The quantitative estimate of drug-likeness (QED) is 0.550. The number of ether oxygens (including phenoxy) is 2. The molecule has 0 saturated heterocycles. The van der Waals surface area contributed by atoms with Crippen molar-refractivity contribution in [1.82, 2.24) is 14.5 Å². The van der Waals surface area contributed by atoms with Crippen LogP contribution in [0.1, 0.15) is 5.56 Å². The fourth-order valence-electron chi connectivity index (χ4n) is 3.56. The molecule has 10 heteroatoms. The van der Waals surface area contributed by atoms with Crippen LogP contribution in [0, 0.1) is 5.82 Å². The minimum atomic E-state index is -3.67. The van der Waals surface area contributed by atoms with E-state index in [1.165, 1.54) is 22.9 Å². The first-order valence-electron chi connectivity index (χ1n) is 8.61. The van der Waals surface area contributed by atoms with Crippen LogP contribution in [0.3, 0.4) is 0 Å². The van der Waals surface area contributed by atoms with Crippen molar-refractivity contribution in [3.05, 3.63) is 58.4 Å². The Bertz CT molecular complexity index is 1470. The first-order chi connectivity index (χ1) is 13.8. The molecule has 2 aromatic carbocycles. The van der Waals surface area contributed by atoms with Gasteiger partial charge in [-0.1, -0.05) is 6.07 Å². The molecule has 2 aromatic heterocycles. The number of nitrogens with one attached hydrogen (secondary N) is 1.